The van der Waals surface area contributed by atoms with Gasteiger partial charge in [0.25, 0.3) is 0 Å². The maximum atomic E-state index is 4.38. The number of nitrogens with zero attached hydrogens (tertiary/aromatic N) is 3. The van der Waals surface area contributed by atoms with Crippen LogP contribution in [0.25, 0.3) is 0 Å². The fourth-order valence-electron chi connectivity index (χ4n) is 2.53. The van der Waals surface area contributed by atoms with Gasteiger partial charge in [-0.3, -0.25) is 9.58 Å². The Labute approximate surface area is 116 Å². The highest BCUT2D eigenvalue weighted by Gasteiger charge is 2.19. The summed E-state index contributed by atoms with van der Waals surface area (Å²) in [4.78, 5) is 2.53. The second-order valence-corrected chi connectivity index (χ2v) is 5.80. The predicted octanol–water partition coefficient (Wildman–Crippen LogP) is 2.57. The van der Waals surface area contributed by atoms with Crippen LogP contribution >= 0.6 is 0 Å². The lowest BCUT2D eigenvalue weighted by molar-refractivity contribution is 0.239. The molecule has 0 saturated carbocycles. The Bertz CT molecular complexity index is 435. The minimum atomic E-state index is 0.581. The summed E-state index contributed by atoms with van der Waals surface area (Å²) in [5.74, 6) is 1.14. The number of nitrogens with one attached hydrogen (secondary N) is 1. The number of rotatable bonds is 4. The van der Waals surface area contributed by atoms with Crippen LogP contribution in [0.2, 0.25) is 0 Å². The predicted molar refractivity (Wildman–Crippen MR) is 80.5 cm³/mol. The molecule has 4 heteroatoms. The number of hydrogen-bond acceptors (Lipinski definition) is 3. The summed E-state index contributed by atoms with van der Waals surface area (Å²) in [5, 5.41) is 7.99. The summed E-state index contributed by atoms with van der Waals surface area (Å²) in [6.07, 6.45) is 4.74. The van der Waals surface area contributed by atoms with E-state index in [1.807, 2.05) is 18.7 Å². The van der Waals surface area contributed by atoms with E-state index >= 15 is 0 Å². The molecule has 0 spiro atoms. The molecule has 19 heavy (non-hydrogen) atoms. The molecule has 106 valence electrons. The van der Waals surface area contributed by atoms with Crippen molar-refractivity contribution in [2.75, 3.05) is 25.0 Å². The zero-order valence-electron chi connectivity index (χ0n) is 12.6. The van der Waals surface area contributed by atoms with Crippen molar-refractivity contribution in [3.05, 3.63) is 23.4 Å². The molecule has 1 aliphatic heterocycles. The van der Waals surface area contributed by atoms with Gasteiger partial charge in [0.1, 0.15) is 5.82 Å². The van der Waals surface area contributed by atoms with Gasteiger partial charge in [-0.2, -0.15) is 5.10 Å². The Morgan fingerprint density at radius 2 is 2.11 bits per heavy atom. The molecule has 1 aromatic heterocycles. The number of aromatic nitrogens is 2. The zero-order valence-corrected chi connectivity index (χ0v) is 12.6. The van der Waals surface area contributed by atoms with Gasteiger partial charge in [0, 0.05) is 38.8 Å². The molecule has 0 atom stereocenters. The monoisotopic (exact) mass is 262 g/mol. The normalized spacial score (nSPS) is 17.5. The zero-order chi connectivity index (χ0) is 13.8. The molecule has 1 aromatic rings. The van der Waals surface area contributed by atoms with Crippen molar-refractivity contribution in [3.8, 4) is 0 Å². The van der Waals surface area contributed by atoms with Crippen molar-refractivity contribution in [3.63, 3.8) is 0 Å². The van der Waals surface area contributed by atoms with Gasteiger partial charge in [-0.05, 0) is 33.6 Å². The first-order valence-corrected chi connectivity index (χ1v) is 7.17. The lowest BCUT2D eigenvalue weighted by atomic mass is 10.0. The molecule has 1 aliphatic rings. The number of likely N-dealkylation sites (tertiary alicyclic amines) is 1. The molecule has 0 unspecified atom stereocenters. The van der Waals surface area contributed by atoms with Crippen LogP contribution in [-0.2, 0) is 7.05 Å². The third-order valence-electron chi connectivity index (χ3n) is 3.70. The largest absolute Gasteiger partial charge is 0.367 e. The number of hydrogen-bond donors (Lipinski definition) is 1. The molecule has 0 aromatic carbocycles. The lowest BCUT2D eigenvalue weighted by Crippen LogP contribution is -2.39. The maximum Gasteiger partial charge on any atom is 0.124 e. The highest BCUT2D eigenvalue weighted by molar-refractivity contribution is 5.37. The second-order valence-electron chi connectivity index (χ2n) is 5.80. The van der Waals surface area contributed by atoms with Crippen molar-refractivity contribution >= 4 is 5.82 Å². The molecule has 2 rings (SSSR count). The highest BCUT2D eigenvalue weighted by Crippen LogP contribution is 2.17. The van der Waals surface area contributed by atoms with Crippen molar-refractivity contribution in [1.82, 2.24) is 14.7 Å². The van der Waals surface area contributed by atoms with E-state index in [0.29, 0.717) is 6.04 Å². The van der Waals surface area contributed by atoms with E-state index in [2.05, 4.69) is 41.3 Å². The Hall–Kier alpha value is -1.29. The van der Waals surface area contributed by atoms with Crippen molar-refractivity contribution < 1.29 is 0 Å². The smallest absolute Gasteiger partial charge is 0.124 e. The van der Waals surface area contributed by atoms with E-state index < -0.39 is 0 Å². The van der Waals surface area contributed by atoms with E-state index in [1.165, 1.54) is 31.5 Å². The Kier molecular flexibility index (Phi) is 4.64. The first-order chi connectivity index (χ1) is 9.04. The van der Waals surface area contributed by atoms with Crippen LogP contribution in [0, 0.1) is 6.92 Å². The van der Waals surface area contributed by atoms with E-state index in [0.717, 1.165) is 18.1 Å². The van der Waals surface area contributed by atoms with Gasteiger partial charge in [-0.25, -0.2) is 0 Å². The van der Waals surface area contributed by atoms with Crippen LogP contribution in [0.3, 0.4) is 0 Å². The molecule has 0 bridgehead atoms. The summed E-state index contributed by atoms with van der Waals surface area (Å²) < 4.78 is 1.94. The van der Waals surface area contributed by atoms with Gasteiger partial charge in [-0.1, -0.05) is 11.6 Å². The molecule has 0 aliphatic carbocycles. The molecule has 1 N–H and O–H groups in total. The Balaban J connectivity index is 1.80. The Morgan fingerprint density at radius 1 is 1.42 bits per heavy atom. The summed E-state index contributed by atoms with van der Waals surface area (Å²) in [6.45, 7) is 9.82. The van der Waals surface area contributed by atoms with Crippen LogP contribution < -0.4 is 5.32 Å². The van der Waals surface area contributed by atoms with Crippen molar-refractivity contribution in [2.24, 2.45) is 7.05 Å². The van der Waals surface area contributed by atoms with E-state index in [4.69, 9.17) is 0 Å². The molecule has 0 radical (unpaired) electrons. The summed E-state index contributed by atoms with van der Waals surface area (Å²) >= 11 is 0. The third-order valence-corrected chi connectivity index (χ3v) is 3.70. The average molecular weight is 262 g/mol. The number of piperidine rings is 1. The quantitative estimate of drug-likeness (QED) is 0.847. The molecule has 0 amide bonds. The van der Waals surface area contributed by atoms with E-state index in [1.54, 1.807) is 0 Å². The highest BCUT2D eigenvalue weighted by atomic mass is 15.3. The van der Waals surface area contributed by atoms with Gasteiger partial charge in [0.15, 0.2) is 0 Å². The average Bonchev–Trinajstić information content (AvgIpc) is 2.67. The van der Waals surface area contributed by atoms with Crippen LogP contribution in [-0.4, -0.2) is 40.4 Å². The van der Waals surface area contributed by atoms with E-state index in [9.17, 15) is 0 Å². The van der Waals surface area contributed by atoms with Gasteiger partial charge < -0.3 is 5.32 Å². The molecule has 1 saturated heterocycles. The number of aryl methyl sites for hydroxylation is 2. The van der Waals surface area contributed by atoms with Gasteiger partial charge >= 0.3 is 0 Å². The fourth-order valence-corrected chi connectivity index (χ4v) is 2.53. The first-order valence-electron chi connectivity index (χ1n) is 7.17. The SMILES string of the molecule is CC(C)=CCN1CCC(Nc2cc(C)nn2C)CC1. The van der Waals surface area contributed by atoms with Crippen molar-refractivity contribution in [1.29, 1.82) is 0 Å². The topological polar surface area (TPSA) is 33.1 Å². The van der Waals surface area contributed by atoms with Gasteiger partial charge in [0.05, 0.1) is 5.69 Å². The maximum absolute atomic E-state index is 4.38. The van der Waals surface area contributed by atoms with Crippen LogP contribution in [0.4, 0.5) is 5.82 Å². The molecule has 1 fully saturated rings. The third kappa shape index (κ3) is 4.10. The number of anilines is 1. The summed E-state index contributed by atoms with van der Waals surface area (Å²) in [6, 6.07) is 2.70. The molecular weight excluding hydrogens is 236 g/mol. The summed E-state index contributed by atoms with van der Waals surface area (Å²) in [7, 11) is 2.00. The van der Waals surface area contributed by atoms with Crippen LogP contribution in [0.1, 0.15) is 32.4 Å². The number of allylic oxidation sites excluding steroid dienone is 1. The van der Waals surface area contributed by atoms with E-state index in [-0.39, 0.29) is 0 Å². The second kappa shape index (κ2) is 6.24. The minimum absolute atomic E-state index is 0.581. The minimum Gasteiger partial charge on any atom is -0.367 e. The molecular formula is C15H26N4. The summed E-state index contributed by atoms with van der Waals surface area (Å²) in [5.41, 5.74) is 2.48. The van der Waals surface area contributed by atoms with Gasteiger partial charge in [0.2, 0.25) is 0 Å². The molecule has 2 heterocycles. The standard InChI is InChI=1S/C15H26N4/c1-12(2)5-8-19-9-6-14(7-10-19)16-15-11-13(3)17-18(15)4/h5,11,14,16H,6-10H2,1-4H3. The first kappa shape index (κ1) is 14.1. The lowest BCUT2D eigenvalue weighted by Gasteiger charge is -2.32. The fraction of sp³-hybridized carbons (Fsp3) is 0.667. The van der Waals surface area contributed by atoms with Crippen molar-refractivity contribution in [2.45, 2.75) is 39.7 Å². The molecule has 4 nitrogen and oxygen atoms in total. The van der Waals surface area contributed by atoms with Gasteiger partial charge in [-0.15, -0.1) is 0 Å². The Morgan fingerprint density at radius 3 is 2.63 bits per heavy atom. The van der Waals surface area contributed by atoms with Crippen LogP contribution in [0.15, 0.2) is 17.7 Å². The van der Waals surface area contributed by atoms with Crippen LogP contribution in [0.5, 0.6) is 0 Å².